The summed E-state index contributed by atoms with van der Waals surface area (Å²) in [4.78, 5) is 35.2. The Labute approximate surface area is 249 Å². The molecule has 0 bridgehead atoms. The van der Waals surface area contributed by atoms with Crippen molar-refractivity contribution in [1.82, 2.24) is 0 Å². The Balaban J connectivity index is 1.41. The minimum Gasteiger partial charge on any atom is -0.481 e. The van der Waals surface area contributed by atoms with Gasteiger partial charge in [-0.3, -0.25) is 14.4 Å². The highest BCUT2D eigenvalue weighted by Gasteiger charge is 2.32. The van der Waals surface area contributed by atoms with Crippen LogP contribution in [0.1, 0.15) is 68.1 Å². The third kappa shape index (κ3) is 9.70. The van der Waals surface area contributed by atoms with Gasteiger partial charge in [-0.15, -0.1) is 11.8 Å². The van der Waals surface area contributed by atoms with Crippen LogP contribution in [0.2, 0.25) is 0 Å². The number of amides is 2. The van der Waals surface area contributed by atoms with Crippen molar-refractivity contribution in [2.24, 2.45) is 0 Å². The second kappa shape index (κ2) is 15.5. The van der Waals surface area contributed by atoms with Crippen LogP contribution in [0.4, 0.5) is 11.4 Å². The van der Waals surface area contributed by atoms with Gasteiger partial charge in [-0.2, -0.15) is 0 Å². The molecule has 1 aliphatic heterocycles. The lowest BCUT2D eigenvalue weighted by Crippen LogP contribution is -2.31. The average Bonchev–Trinajstić information content (AvgIpc) is 2.99. The molecule has 1 fully saturated rings. The normalized spacial score (nSPS) is 18.3. The summed E-state index contributed by atoms with van der Waals surface area (Å²) in [6.45, 7) is 1.45. The summed E-state index contributed by atoms with van der Waals surface area (Å²) in [6, 6.07) is 22.8. The first-order valence-electron chi connectivity index (χ1n) is 13.9. The number of ether oxygens (including phenoxy) is 2. The maximum Gasteiger partial charge on any atom is 0.303 e. The number of aliphatic hydroxyl groups is 1. The van der Waals surface area contributed by atoms with E-state index in [9.17, 15) is 19.5 Å². The molecule has 1 saturated heterocycles. The third-order valence-corrected chi connectivity index (χ3v) is 7.88. The summed E-state index contributed by atoms with van der Waals surface area (Å²) in [6.07, 6.45) is 1.00. The first-order valence-corrected chi connectivity index (χ1v) is 14.9. The zero-order chi connectivity index (χ0) is 29.9. The number of benzene rings is 3. The van der Waals surface area contributed by atoms with Crippen LogP contribution in [0.15, 0.2) is 77.7 Å². The molecule has 3 atom stereocenters. The number of carbonyl (C=O) groups excluding carboxylic acids is 2. The molecule has 10 heteroatoms. The summed E-state index contributed by atoms with van der Waals surface area (Å²) in [5.41, 5.74) is 4.04. The van der Waals surface area contributed by atoms with E-state index in [4.69, 9.17) is 14.6 Å². The van der Waals surface area contributed by atoms with E-state index in [-0.39, 0.29) is 43.5 Å². The van der Waals surface area contributed by atoms with Gasteiger partial charge >= 0.3 is 5.97 Å². The van der Waals surface area contributed by atoms with Gasteiger partial charge in [-0.1, -0.05) is 36.4 Å². The number of carbonyl (C=O) groups is 3. The second-order valence-corrected chi connectivity index (χ2v) is 11.2. The zero-order valence-electron chi connectivity index (χ0n) is 23.5. The van der Waals surface area contributed by atoms with Gasteiger partial charge in [0, 0.05) is 53.8 Å². The fraction of sp³-hybridized carbons (Fsp3) is 0.344. The molecule has 9 nitrogen and oxygen atoms in total. The summed E-state index contributed by atoms with van der Waals surface area (Å²) in [7, 11) is 0. The molecular weight excluding hydrogens is 556 g/mol. The van der Waals surface area contributed by atoms with Crippen LogP contribution in [0.3, 0.4) is 0 Å². The van der Waals surface area contributed by atoms with E-state index in [1.54, 1.807) is 23.9 Å². The Morgan fingerprint density at radius 3 is 2.10 bits per heavy atom. The molecule has 2 amide bonds. The highest BCUT2D eigenvalue weighted by Crippen LogP contribution is 2.39. The Bertz CT molecular complexity index is 1330. The smallest absolute Gasteiger partial charge is 0.303 e. The summed E-state index contributed by atoms with van der Waals surface area (Å²) in [5.74, 6) is -0.438. The molecule has 3 aromatic carbocycles. The van der Waals surface area contributed by atoms with Gasteiger partial charge in [-0.05, 0) is 60.4 Å². The number of carboxylic acid groups (broad SMARTS) is 1. The number of unbranched alkanes of at least 4 members (excludes halogenated alkanes) is 1. The SMILES string of the molecule is CC(=O)Nc1ccc(SCC2CC(c3ccc(CO)cc3)OC(c3ccc(NC(=O)CCCCC(=O)O)cc3)O2)cc1. The summed E-state index contributed by atoms with van der Waals surface area (Å²) >= 11 is 1.67. The number of anilines is 2. The molecule has 42 heavy (non-hydrogen) atoms. The Morgan fingerprint density at radius 1 is 0.833 bits per heavy atom. The molecule has 3 aromatic rings. The van der Waals surface area contributed by atoms with Crippen LogP contribution in [0, 0.1) is 0 Å². The highest BCUT2D eigenvalue weighted by atomic mass is 32.2. The van der Waals surface area contributed by atoms with Crippen molar-refractivity contribution in [2.75, 3.05) is 16.4 Å². The number of hydrogen-bond donors (Lipinski definition) is 4. The first-order chi connectivity index (χ1) is 20.3. The van der Waals surface area contributed by atoms with E-state index in [1.807, 2.05) is 60.7 Å². The van der Waals surface area contributed by atoms with Crippen LogP contribution in [0.25, 0.3) is 0 Å². The number of carboxylic acids is 1. The number of rotatable bonds is 13. The average molecular weight is 593 g/mol. The van der Waals surface area contributed by atoms with Crippen LogP contribution < -0.4 is 10.6 Å². The van der Waals surface area contributed by atoms with Gasteiger partial charge < -0.3 is 30.3 Å². The van der Waals surface area contributed by atoms with E-state index in [0.717, 1.165) is 27.3 Å². The van der Waals surface area contributed by atoms with Crippen molar-refractivity contribution in [3.63, 3.8) is 0 Å². The Kier molecular flexibility index (Phi) is 11.5. The maximum atomic E-state index is 12.2. The molecule has 0 saturated carbocycles. The van der Waals surface area contributed by atoms with Crippen molar-refractivity contribution in [3.05, 3.63) is 89.5 Å². The van der Waals surface area contributed by atoms with Gasteiger partial charge in [0.25, 0.3) is 0 Å². The Morgan fingerprint density at radius 2 is 1.45 bits per heavy atom. The van der Waals surface area contributed by atoms with E-state index >= 15 is 0 Å². The molecule has 4 N–H and O–H groups in total. The highest BCUT2D eigenvalue weighted by molar-refractivity contribution is 7.99. The number of thioether (sulfide) groups is 1. The largest absolute Gasteiger partial charge is 0.481 e. The topological polar surface area (TPSA) is 134 Å². The van der Waals surface area contributed by atoms with Crippen LogP contribution >= 0.6 is 11.8 Å². The van der Waals surface area contributed by atoms with Crippen molar-refractivity contribution in [2.45, 2.75) is 69.0 Å². The summed E-state index contributed by atoms with van der Waals surface area (Å²) in [5, 5.41) is 23.8. The maximum absolute atomic E-state index is 12.2. The van der Waals surface area contributed by atoms with Gasteiger partial charge in [-0.25, -0.2) is 0 Å². The first kappa shape index (κ1) is 31.2. The molecule has 1 aliphatic rings. The molecule has 0 aliphatic carbocycles. The second-order valence-electron chi connectivity index (χ2n) is 10.1. The van der Waals surface area contributed by atoms with Crippen molar-refractivity contribution in [1.29, 1.82) is 0 Å². The number of aliphatic hydroxyl groups excluding tert-OH is 1. The van der Waals surface area contributed by atoms with Crippen molar-refractivity contribution >= 4 is 40.9 Å². The lowest BCUT2D eigenvalue weighted by atomic mass is 10.0. The quantitative estimate of drug-likeness (QED) is 0.139. The molecule has 3 unspecified atom stereocenters. The monoisotopic (exact) mass is 592 g/mol. The molecule has 0 spiro atoms. The number of nitrogens with one attached hydrogen (secondary N) is 2. The zero-order valence-corrected chi connectivity index (χ0v) is 24.3. The minimum absolute atomic E-state index is 0.0250. The molecule has 1 heterocycles. The molecular formula is C32H36N2O7S. The van der Waals surface area contributed by atoms with Gasteiger partial charge in [0.1, 0.15) is 0 Å². The van der Waals surface area contributed by atoms with Gasteiger partial charge in [0.2, 0.25) is 11.8 Å². The molecule has 0 radical (unpaired) electrons. The van der Waals surface area contributed by atoms with Gasteiger partial charge in [0.15, 0.2) is 6.29 Å². The predicted octanol–water partition coefficient (Wildman–Crippen LogP) is 6.06. The van der Waals surface area contributed by atoms with E-state index < -0.39 is 12.3 Å². The lowest BCUT2D eigenvalue weighted by molar-refractivity contribution is -0.245. The van der Waals surface area contributed by atoms with Crippen LogP contribution in [-0.4, -0.2) is 39.9 Å². The lowest BCUT2D eigenvalue weighted by Gasteiger charge is -2.36. The number of hydrogen-bond acceptors (Lipinski definition) is 7. The molecule has 0 aromatic heterocycles. The van der Waals surface area contributed by atoms with Crippen molar-refractivity contribution in [3.8, 4) is 0 Å². The van der Waals surface area contributed by atoms with Crippen LogP contribution in [0.5, 0.6) is 0 Å². The van der Waals surface area contributed by atoms with Gasteiger partial charge in [0.05, 0.1) is 18.8 Å². The predicted molar refractivity (Wildman–Crippen MR) is 161 cm³/mol. The fourth-order valence-corrected chi connectivity index (χ4v) is 5.48. The minimum atomic E-state index is -0.860. The summed E-state index contributed by atoms with van der Waals surface area (Å²) < 4.78 is 12.8. The van der Waals surface area contributed by atoms with Crippen LogP contribution in [-0.2, 0) is 30.5 Å². The standard InChI is InChI=1S/C32H36N2O7S/c1-21(36)33-25-14-16-28(17-15-25)42-20-27-18-29(23-8-6-22(19-35)7-9-23)41-32(40-27)24-10-12-26(13-11-24)34-30(37)4-2-3-5-31(38)39/h6-17,27,29,32,35H,2-5,18-20H2,1H3,(H,33,36)(H,34,37)(H,38,39). The third-order valence-electron chi connectivity index (χ3n) is 6.74. The fourth-order valence-electron chi connectivity index (χ4n) is 4.56. The molecule has 222 valence electrons. The van der Waals surface area contributed by atoms with E-state index in [1.165, 1.54) is 6.92 Å². The van der Waals surface area contributed by atoms with E-state index in [0.29, 0.717) is 30.7 Å². The Hall–Kier alpha value is -3.70. The van der Waals surface area contributed by atoms with Crippen molar-refractivity contribution < 1.29 is 34.1 Å². The van der Waals surface area contributed by atoms with E-state index in [2.05, 4.69) is 10.6 Å². The molecule has 4 rings (SSSR count). The number of aliphatic carboxylic acids is 1.